The first-order valence-corrected chi connectivity index (χ1v) is 11.8. The lowest BCUT2D eigenvalue weighted by Crippen LogP contribution is -2.22. The van der Waals surface area contributed by atoms with Crippen LogP contribution in [-0.2, 0) is 17.7 Å². The number of ketones is 1. The maximum atomic E-state index is 13.4. The molecule has 1 aromatic heterocycles. The number of carbonyl (C=O) groups is 2. The third kappa shape index (κ3) is 4.20. The zero-order valence-electron chi connectivity index (χ0n) is 18.1. The third-order valence-electron chi connectivity index (χ3n) is 6.34. The van der Waals surface area contributed by atoms with Crippen LogP contribution >= 0.6 is 15.9 Å². The van der Waals surface area contributed by atoms with Crippen LogP contribution < -0.4 is 0 Å². The summed E-state index contributed by atoms with van der Waals surface area (Å²) in [7, 11) is 1.39. The van der Waals surface area contributed by atoms with Gasteiger partial charge in [-0.05, 0) is 42.5 Å². The highest BCUT2D eigenvalue weighted by molar-refractivity contribution is 9.10. The molecule has 0 amide bonds. The lowest BCUT2D eigenvalue weighted by Gasteiger charge is -2.24. The Kier molecular flexibility index (Phi) is 6.61. The topological polar surface area (TPSA) is 48.3 Å². The Hall–Kier alpha value is -2.40. The molecule has 31 heavy (non-hydrogen) atoms. The number of hydrogen-bond acceptors (Lipinski definition) is 3. The van der Waals surface area contributed by atoms with Crippen molar-refractivity contribution in [1.82, 2.24) is 4.57 Å². The van der Waals surface area contributed by atoms with E-state index in [1.165, 1.54) is 20.0 Å². The first kappa shape index (κ1) is 21.8. The molecule has 0 aliphatic heterocycles. The Morgan fingerprint density at radius 2 is 1.94 bits per heavy atom. The van der Waals surface area contributed by atoms with E-state index in [0.29, 0.717) is 24.4 Å². The van der Waals surface area contributed by atoms with Gasteiger partial charge in [0.1, 0.15) is 0 Å². The van der Waals surface area contributed by atoms with Crippen molar-refractivity contribution in [1.29, 1.82) is 0 Å². The van der Waals surface area contributed by atoms with Crippen LogP contribution in [0.5, 0.6) is 0 Å². The number of nitrogens with zero attached hydrogens (tertiary/aromatic N) is 1. The van der Waals surface area contributed by atoms with Gasteiger partial charge >= 0.3 is 5.97 Å². The van der Waals surface area contributed by atoms with Gasteiger partial charge in [-0.1, -0.05) is 66.4 Å². The Bertz CT molecular complexity index is 1130. The lowest BCUT2D eigenvalue weighted by atomic mass is 9.82. The van der Waals surface area contributed by atoms with E-state index in [2.05, 4.69) is 33.5 Å². The molecule has 0 saturated heterocycles. The van der Waals surface area contributed by atoms with E-state index in [4.69, 9.17) is 4.74 Å². The number of benzene rings is 2. The molecular weight excluding hydrogens is 454 g/mol. The van der Waals surface area contributed by atoms with Gasteiger partial charge in [0.25, 0.3) is 0 Å². The molecule has 3 aromatic rings. The van der Waals surface area contributed by atoms with Gasteiger partial charge in [0, 0.05) is 34.1 Å². The summed E-state index contributed by atoms with van der Waals surface area (Å²) in [5.74, 6) is 0.106. The van der Waals surface area contributed by atoms with E-state index < -0.39 is 5.97 Å². The van der Waals surface area contributed by atoms with E-state index in [0.717, 1.165) is 51.5 Å². The van der Waals surface area contributed by atoms with Crippen molar-refractivity contribution in [2.75, 3.05) is 7.11 Å². The van der Waals surface area contributed by atoms with Gasteiger partial charge in [-0.2, -0.15) is 0 Å². The van der Waals surface area contributed by atoms with E-state index in [9.17, 15) is 9.59 Å². The molecule has 1 heterocycles. The van der Waals surface area contributed by atoms with Crippen LogP contribution in [-0.4, -0.2) is 23.4 Å². The smallest absolute Gasteiger partial charge is 0.338 e. The van der Waals surface area contributed by atoms with Crippen LogP contribution in [0.4, 0.5) is 0 Å². The van der Waals surface area contributed by atoms with Crippen molar-refractivity contribution in [3.8, 4) is 0 Å². The fourth-order valence-electron chi connectivity index (χ4n) is 4.82. The van der Waals surface area contributed by atoms with Gasteiger partial charge in [0.05, 0.1) is 18.2 Å². The molecule has 1 aliphatic rings. The average molecular weight is 482 g/mol. The molecule has 0 saturated carbocycles. The largest absolute Gasteiger partial charge is 0.465 e. The average Bonchev–Trinajstić information content (AvgIpc) is 3.09. The Morgan fingerprint density at radius 3 is 2.68 bits per heavy atom. The van der Waals surface area contributed by atoms with Gasteiger partial charge in [-0.3, -0.25) is 4.79 Å². The SMILES string of the molecule is CCCCCC1CC(=O)c2c(n(Cc3ccccc3Br)c3cccc(C(=O)OC)c23)C1. The number of fused-ring (bicyclic) bond motifs is 3. The van der Waals surface area contributed by atoms with Gasteiger partial charge in [0.15, 0.2) is 5.78 Å². The van der Waals surface area contributed by atoms with Crippen molar-refractivity contribution < 1.29 is 14.3 Å². The highest BCUT2D eigenvalue weighted by Gasteiger charge is 2.33. The summed E-state index contributed by atoms with van der Waals surface area (Å²) >= 11 is 3.66. The first-order valence-electron chi connectivity index (χ1n) is 11.0. The van der Waals surface area contributed by atoms with Crippen LogP contribution in [0, 0.1) is 5.92 Å². The summed E-state index contributed by atoms with van der Waals surface area (Å²) < 4.78 is 8.31. The number of ether oxygens (including phenoxy) is 1. The van der Waals surface area contributed by atoms with Gasteiger partial charge in [0.2, 0.25) is 0 Å². The summed E-state index contributed by atoms with van der Waals surface area (Å²) in [5, 5.41) is 0.744. The van der Waals surface area contributed by atoms with E-state index in [-0.39, 0.29) is 5.78 Å². The summed E-state index contributed by atoms with van der Waals surface area (Å²) in [4.78, 5) is 25.9. The second-order valence-electron chi connectivity index (χ2n) is 8.38. The van der Waals surface area contributed by atoms with Crippen LogP contribution in [0.3, 0.4) is 0 Å². The molecule has 0 radical (unpaired) electrons. The van der Waals surface area contributed by atoms with Crippen molar-refractivity contribution in [2.45, 2.75) is 52.0 Å². The molecule has 0 N–H and O–H groups in total. The molecule has 1 unspecified atom stereocenters. The van der Waals surface area contributed by atoms with Crippen LogP contribution in [0.25, 0.3) is 10.9 Å². The zero-order valence-corrected chi connectivity index (χ0v) is 19.7. The Morgan fingerprint density at radius 1 is 1.13 bits per heavy atom. The zero-order chi connectivity index (χ0) is 22.0. The Balaban J connectivity index is 1.87. The number of halogens is 1. The van der Waals surface area contributed by atoms with Gasteiger partial charge in [-0.15, -0.1) is 0 Å². The third-order valence-corrected chi connectivity index (χ3v) is 7.11. The quantitative estimate of drug-likeness (QED) is 0.283. The second kappa shape index (κ2) is 9.39. The molecule has 0 spiro atoms. The fraction of sp³-hybridized carbons (Fsp3) is 0.385. The van der Waals surface area contributed by atoms with E-state index >= 15 is 0 Å². The number of rotatable bonds is 7. The molecule has 162 valence electrons. The normalized spacial score (nSPS) is 15.8. The monoisotopic (exact) mass is 481 g/mol. The number of aromatic nitrogens is 1. The van der Waals surface area contributed by atoms with Crippen LogP contribution in [0.1, 0.15) is 71.0 Å². The maximum absolute atomic E-state index is 13.4. The lowest BCUT2D eigenvalue weighted by molar-refractivity contribution is 0.0603. The molecule has 1 atom stereocenters. The predicted molar refractivity (Wildman–Crippen MR) is 127 cm³/mol. The summed E-state index contributed by atoms with van der Waals surface area (Å²) in [6, 6.07) is 13.8. The summed E-state index contributed by atoms with van der Waals surface area (Å²) in [6.45, 7) is 2.85. The standard InChI is InChI=1S/C26H28BrNO3/c1-3-4-5-9-17-14-22-25(23(29)15-17)24-19(26(30)31-2)11-8-13-21(24)28(22)16-18-10-6-7-12-20(18)27/h6-8,10-13,17H,3-5,9,14-16H2,1-2H3. The second-order valence-corrected chi connectivity index (χ2v) is 9.24. The van der Waals surface area contributed by atoms with Crippen molar-refractivity contribution in [3.05, 3.63) is 69.3 Å². The number of methoxy groups -OCH3 is 1. The molecule has 5 heteroatoms. The molecule has 0 bridgehead atoms. The Labute approximate surface area is 191 Å². The number of Topliss-reactive ketones (excluding diaryl/α,β-unsaturated/α-hetero) is 1. The number of esters is 1. The van der Waals surface area contributed by atoms with Crippen LogP contribution in [0.2, 0.25) is 0 Å². The minimum Gasteiger partial charge on any atom is -0.465 e. The maximum Gasteiger partial charge on any atom is 0.338 e. The minimum atomic E-state index is -0.399. The highest BCUT2D eigenvalue weighted by Crippen LogP contribution is 2.38. The highest BCUT2D eigenvalue weighted by atomic mass is 79.9. The van der Waals surface area contributed by atoms with Gasteiger partial charge in [-0.25, -0.2) is 4.79 Å². The van der Waals surface area contributed by atoms with Crippen molar-refractivity contribution in [3.63, 3.8) is 0 Å². The van der Waals surface area contributed by atoms with Crippen LogP contribution in [0.15, 0.2) is 46.9 Å². The number of unbranched alkanes of at least 4 members (excludes halogenated alkanes) is 2. The fourth-order valence-corrected chi connectivity index (χ4v) is 5.23. The van der Waals surface area contributed by atoms with E-state index in [1.807, 2.05) is 30.3 Å². The number of hydrogen-bond donors (Lipinski definition) is 0. The number of carbonyl (C=O) groups excluding carboxylic acids is 2. The molecule has 0 fully saturated rings. The molecule has 1 aliphatic carbocycles. The minimum absolute atomic E-state index is 0.148. The van der Waals surface area contributed by atoms with Crippen molar-refractivity contribution in [2.24, 2.45) is 5.92 Å². The predicted octanol–water partition coefficient (Wildman–Crippen LogP) is 6.56. The van der Waals surface area contributed by atoms with Crippen molar-refractivity contribution >= 4 is 38.6 Å². The molecule has 2 aromatic carbocycles. The summed E-state index contributed by atoms with van der Waals surface area (Å²) in [6.07, 6.45) is 6.02. The van der Waals surface area contributed by atoms with E-state index in [1.54, 1.807) is 6.07 Å². The summed E-state index contributed by atoms with van der Waals surface area (Å²) in [5.41, 5.74) is 4.31. The first-order chi connectivity index (χ1) is 15.0. The molecule has 4 rings (SSSR count). The van der Waals surface area contributed by atoms with Gasteiger partial charge < -0.3 is 9.30 Å². The molecular formula is C26H28BrNO3. The molecule has 4 nitrogen and oxygen atoms in total.